The Bertz CT molecular complexity index is 487. The minimum atomic E-state index is -1.48. The van der Waals surface area contributed by atoms with Crippen LogP contribution in [0.2, 0.25) is 0 Å². The Morgan fingerprint density at radius 3 is 2.18 bits per heavy atom. The van der Waals surface area contributed by atoms with E-state index >= 15 is 0 Å². The lowest BCUT2D eigenvalue weighted by atomic mass is 9.80. The van der Waals surface area contributed by atoms with Crippen LogP contribution in [0, 0.1) is 5.92 Å². The van der Waals surface area contributed by atoms with E-state index < -0.39 is 11.6 Å². The molecule has 3 rings (SSSR count). The van der Waals surface area contributed by atoms with E-state index in [4.69, 9.17) is 4.74 Å². The SMILES string of the molecule is O=C(OC1CCCCC1)[C@@](O)(c1ccccc1)C1CCCC1. The fourth-order valence-electron chi connectivity index (χ4n) is 3.98. The quantitative estimate of drug-likeness (QED) is 0.857. The summed E-state index contributed by atoms with van der Waals surface area (Å²) in [5, 5.41) is 11.3. The first kappa shape index (κ1) is 15.5. The summed E-state index contributed by atoms with van der Waals surface area (Å²) < 4.78 is 5.73. The summed E-state index contributed by atoms with van der Waals surface area (Å²) in [6.45, 7) is 0. The predicted molar refractivity (Wildman–Crippen MR) is 85.3 cm³/mol. The van der Waals surface area contributed by atoms with E-state index in [0.29, 0.717) is 5.56 Å². The number of benzene rings is 1. The van der Waals surface area contributed by atoms with Crippen molar-refractivity contribution in [2.45, 2.75) is 69.5 Å². The third kappa shape index (κ3) is 3.05. The smallest absolute Gasteiger partial charge is 0.343 e. The molecule has 1 aromatic rings. The van der Waals surface area contributed by atoms with Crippen molar-refractivity contribution < 1.29 is 14.6 Å². The number of carbonyl (C=O) groups is 1. The zero-order chi connectivity index (χ0) is 15.4. The molecular weight excluding hydrogens is 276 g/mol. The number of esters is 1. The predicted octanol–water partition coefficient (Wildman–Crippen LogP) is 3.94. The maximum Gasteiger partial charge on any atom is 0.343 e. The second-order valence-corrected chi connectivity index (χ2v) is 6.78. The Hall–Kier alpha value is -1.35. The lowest BCUT2D eigenvalue weighted by Crippen LogP contribution is -2.45. The molecule has 0 saturated heterocycles. The number of ether oxygens (including phenoxy) is 1. The molecular formula is C19H26O3. The molecule has 3 heteroatoms. The van der Waals surface area contributed by atoms with Crippen LogP contribution in [0.15, 0.2) is 30.3 Å². The molecule has 1 N–H and O–H groups in total. The maximum absolute atomic E-state index is 12.8. The van der Waals surface area contributed by atoms with Crippen molar-refractivity contribution >= 4 is 5.97 Å². The van der Waals surface area contributed by atoms with E-state index in [1.165, 1.54) is 6.42 Å². The average Bonchev–Trinajstić information content (AvgIpc) is 3.11. The Labute approximate surface area is 132 Å². The van der Waals surface area contributed by atoms with Gasteiger partial charge in [-0.3, -0.25) is 0 Å². The maximum atomic E-state index is 12.8. The second kappa shape index (κ2) is 6.82. The normalized spacial score (nSPS) is 23.1. The molecule has 2 saturated carbocycles. The van der Waals surface area contributed by atoms with Crippen molar-refractivity contribution in [3.63, 3.8) is 0 Å². The summed E-state index contributed by atoms with van der Waals surface area (Å²) in [5.74, 6) is -0.455. The van der Waals surface area contributed by atoms with Crippen LogP contribution in [0.5, 0.6) is 0 Å². The van der Waals surface area contributed by atoms with Gasteiger partial charge in [0, 0.05) is 5.92 Å². The minimum absolute atomic E-state index is 0.0158. The first-order chi connectivity index (χ1) is 10.7. The fraction of sp³-hybridized carbons (Fsp3) is 0.632. The van der Waals surface area contributed by atoms with E-state index in [-0.39, 0.29) is 12.0 Å². The van der Waals surface area contributed by atoms with Gasteiger partial charge in [-0.2, -0.15) is 0 Å². The summed E-state index contributed by atoms with van der Waals surface area (Å²) >= 11 is 0. The van der Waals surface area contributed by atoms with E-state index in [1.807, 2.05) is 30.3 Å². The highest BCUT2D eigenvalue weighted by atomic mass is 16.6. The van der Waals surface area contributed by atoms with Crippen molar-refractivity contribution in [1.82, 2.24) is 0 Å². The van der Waals surface area contributed by atoms with E-state index in [0.717, 1.165) is 51.4 Å². The zero-order valence-corrected chi connectivity index (χ0v) is 13.2. The molecule has 1 aromatic carbocycles. The van der Waals surface area contributed by atoms with Gasteiger partial charge in [-0.05, 0) is 44.1 Å². The van der Waals surface area contributed by atoms with Crippen molar-refractivity contribution in [2.75, 3.05) is 0 Å². The molecule has 3 nitrogen and oxygen atoms in total. The first-order valence-corrected chi connectivity index (χ1v) is 8.70. The Morgan fingerprint density at radius 2 is 1.55 bits per heavy atom. The zero-order valence-electron chi connectivity index (χ0n) is 13.2. The summed E-state index contributed by atoms with van der Waals surface area (Å²) in [4.78, 5) is 12.8. The standard InChI is InChI=1S/C19H26O3/c20-18(22-17-13-5-2-6-14-17)19(21,16-11-7-8-12-16)15-9-3-1-4-10-15/h1,3-4,9-10,16-17,21H,2,5-8,11-14H2/t19-/m1/s1. The lowest BCUT2D eigenvalue weighted by molar-refractivity contribution is -0.180. The molecule has 0 aromatic heterocycles. The Morgan fingerprint density at radius 1 is 0.955 bits per heavy atom. The molecule has 0 bridgehead atoms. The largest absolute Gasteiger partial charge is 0.460 e. The summed E-state index contributed by atoms with van der Waals surface area (Å²) in [5.41, 5.74) is -0.794. The third-order valence-corrected chi connectivity index (χ3v) is 5.30. The molecule has 2 aliphatic rings. The van der Waals surface area contributed by atoms with Gasteiger partial charge in [0.1, 0.15) is 6.10 Å². The van der Waals surface area contributed by atoms with Gasteiger partial charge in [-0.15, -0.1) is 0 Å². The molecule has 0 radical (unpaired) electrons. The van der Waals surface area contributed by atoms with Crippen molar-refractivity contribution in [3.8, 4) is 0 Å². The highest BCUT2D eigenvalue weighted by molar-refractivity contribution is 5.81. The van der Waals surface area contributed by atoms with Crippen LogP contribution in [0.1, 0.15) is 63.4 Å². The second-order valence-electron chi connectivity index (χ2n) is 6.78. The van der Waals surface area contributed by atoms with Crippen molar-refractivity contribution in [3.05, 3.63) is 35.9 Å². The molecule has 0 heterocycles. The number of aliphatic hydroxyl groups is 1. The molecule has 0 spiro atoms. The van der Waals surface area contributed by atoms with Crippen LogP contribution in [0.3, 0.4) is 0 Å². The monoisotopic (exact) mass is 302 g/mol. The Balaban J connectivity index is 1.82. The van der Waals surface area contributed by atoms with Crippen LogP contribution in [0.25, 0.3) is 0 Å². The van der Waals surface area contributed by atoms with Crippen LogP contribution in [-0.2, 0) is 15.1 Å². The van der Waals surface area contributed by atoms with Gasteiger partial charge in [0.25, 0.3) is 0 Å². The van der Waals surface area contributed by atoms with Gasteiger partial charge in [0.05, 0.1) is 0 Å². The van der Waals surface area contributed by atoms with Gasteiger partial charge in [0.15, 0.2) is 5.60 Å². The first-order valence-electron chi connectivity index (χ1n) is 8.70. The number of hydrogen-bond donors (Lipinski definition) is 1. The van der Waals surface area contributed by atoms with E-state index in [1.54, 1.807) is 0 Å². The molecule has 0 amide bonds. The Kier molecular flexibility index (Phi) is 4.82. The van der Waals surface area contributed by atoms with Gasteiger partial charge >= 0.3 is 5.97 Å². The van der Waals surface area contributed by atoms with Gasteiger partial charge in [-0.1, -0.05) is 49.6 Å². The summed E-state index contributed by atoms with van der Waals surface area (Å²) in [6, 6.07) is 9.36. The van der Waals surface area contributed by atoms with Gasteiger partial charge in [0.2, 0.25) is 0 Å². The van der Waals surface area contributed by atoms with E-state index in [2.05, 4.69) is 0 Å². The summed E-state index contributed by atoms with van der Waals surface area (Å²) in [7, 11) is 0. The van der Waals surface area contributed by atoms with Crippen molar-refractivity contribution in [2.24, 2.45) is 5.92 Å². The molecule has 2 aliphatic carbocycles. The van der Waals surface area contributed by atoms with Gasteiger partial charge in [-0.25, -0.2) is 4.79 Å². The summed E-state index contributed by atoms with van der Waals surface area (Å²) in [6.07, 6.45) is 9.25. The van der Waals surface area contributed by atoms with Crippen molar-refractivity contribution in [1.29, 1.82) is 0 Å². The average molecular weight is 302 g/mol. The molecule has 120 valence electrons. The number of hydrogen-bond acceptors (Lipinski definition) is 3. The molecule has 22 heavy (non-hydrogen) atoms. The highest BCUT2D eigenvalue weighted by Gasteiger charge is 2.48. The number of carbonyl (C=O) groups excluding carboxylic acids is 1. The fourth-order valence-corrected chi connectivity index (χ4v) is 3.98. The topological polar surface area (TPSA) is 46.5 Å². The highest BCUT2D eigenvalue weighted by Crippen LogP contribution is 2.42. The van der Waals surface area contributed by atoms with Crippen LogP contribution in [0.4, 0.5) is 0 Å². The molecule has 0 aliphatic heterocycles. The molecule has 1 atom stereocenters. The lowest BCUT2D eigenvalue weighted by Gasteiger charge is -2.34. The van der Waals surface area contributed by atoms with Crippen LogP contribution >= 0.6 is 0 Å². The third-order valence-electron chi connectivity index (χ3n) is 5.30. The number of rotatable bonds is 4. The minimum Gasteiger partial charge on any atom is -0.460 e. The van der Waals surface area contributed by atoms with Crippen LogP contribution < -0.4 is 0 Å². The van der Waals surface area contributed by atoms with Crippen LogP contribution in [-0.4, -0.2) is 17.2 Å². The molecule has 0 unspecified atom stereocenters. The van der Waals surface area contributed by atoms with Gasteiger partial charge < -0.3 is 9.84 Å². The van der Waals surface area contributed by atoms with E-state index in [9.17, 15) is 9.90 Å². The molecule has 2 fully saturated rings.